The Balaban J connectivity index is 2.53. The van der Waals surface area contributed by atoms with Gasteiger partial charge in [0.1, 0.15) is 5.75 Å². The van der Waals surface area contributed by atoms with Crippen LogP contribution in [0.15, 0.2) is 41.1 Å². The van der Waals surface area contributed by atoms with Crippen LogP contribution in [0.4, 0.5) is 0 Å². The molecule has 2 N–H and O–H groups in total. The molecule has 190 valence electrons. The maximum atomic E-state index is 6.34. The molecular weight excluding hydrogens is 454 g/mol. The van der Waals surface area contributed by atoms with E-state index in [0.29, 0.717) is 6.61 Å². The molecule has 0 bridgehead atoms. The second-order valence-corrected chi connectivity index (χ2v) is 9.57. The standard InChI is InChI=1S/C30H42ClN3O/c1-10-13-27-26(14-12-16-35-25-17-19(3)29(31)20(4)18-25)24(8)34(15-11-2)30(27)21(5)28(22(6)32)23(7)33-9/h10,13,17-18H,1,11-12,14-16,32H2,2-9H3/b27-13-,28-22?,30-21-,33-23?. The summed E-state index contributed by atoms with van der Waals surface area (Å²) in [6.45, 7) is 20.1. The number of aryl methyl sites for hydroxylation is 2. The quantitative estimate of drug-likeness (QED) is 0.327. The van der Waals surface area contributed by atoms with E-state index in [9.17, 15) is 0 Å². The number of benzene rings is 1. The Kier molecular flexibility index (Phi) is 10.5. The summed E-state index contributed by atoms with van der Waals surface area (Å²) in [7, 11) is 1.81. The van der Waals surface area contributed by atoms with Gasteiger partial charge in [-0.15, -0.1) is 0 Å². The molecule has 4 nitrogen and oxygen atoms in total. The minimum absolute atomic E-state index is 0.638. The Labute approximate surface area is 216 Å². The average Bonchev–Trinajstić information content (AvgIpc) is 3.05. The van der Waals surface area contributed by atoms with Crippen LogP contribution in [0.5, 0.6) is 5.75 Å². The number of nitrogens with zero attached hydrogens (tertiary/aromatic N) is 2. The SMILES string of the molecule is C=C/C=c1/c(CCCOc2cc(C)c(Cl)c(C)c2)c(C)n(CCC)/c1=C(/C)C(C(C)=NC)=C(C)N. The van der Waals surface area contributed by atoms with Crippen LogP contribution in [0.2, 0.25) is 5.02 Å². The van der Waals surface area contributed by atoms with Crippen molar-refractivity contribution >= 4 is 29.0 Å². The smallest absolute Gasteiger partial charge is 0.119 e. The highest BCUT2D eigenvalue weighted by Gasteiger charge is 2.16. The van der Waals surface area contributed by atoms with Crippen molar-refractivity contribution in [3.63, 3.8) is 0 Å². The van der Waals surface area contributed by atoms with Crippen LogP contribution in [0.1, 0.15) is 62.9 Å². The third kappa shape index (κ3) is 6.49. The second-order valence-electron chi connectivity index (χ2n) is 9.20. The van der Waals surface area contributed by atoms with Crippen molar-refractivity contribution in [1.29, 1.82) is 0 Å². The lowest BCUT2D eigenvalue weighted by atomic mass is 9.99. The minimum Gasteiger partial charge on any atom is -0.494 e. The second kappa shape index (κ2) is 12.8. The van der Waals surface area contributed by atoms with Crippen LogP contribution in [0, 0.1) is 20.8 Å². The molecule has 0 spiro atoms. The highest BCUT2D eigenvalue weighted by molar-refractivity contribution is 6.32. The molecule has 0 fully saturated rings. The molecule has 0 unspecified atom stereocenters. The van der Waals surface area contributed by atoms with Gasteiger partial charge in [0.25, 0.3) is 0 Å². The lowest BCUT2D eigenvalue weighted by Crippen LogP contribution is -2.34. The van der Waals surface area contributed by atoms with E-state index in [1.807, 2.05) is 53.0 Å². The molecule has 1 heterocycles. The summed E-state index contributed by atoms with van der Waals surface area (Å²) in [6, 6.07) is 4.01. The summed E-state index contributed by atoms with van der Waals surface area (Å²) in [5, 5.41) is 3.22. The van der Waals surface area contributed by atoms with Crippen LogP contribution in [0.3, 0.4) is 0 Å². The fourth-order valence-corrected chi connectivity index (χ4v) is 4.95. The number of nitrogens with two attached hydrogens (primary N) is 1. The summed E-state index contributed by atoms with van der Waals surface area (Å²) >= 11 is 6.30. The molecule has 0 saturated heterocycles. The molecule has 0 saturated carbocycles. The number of allylic oxidation sites excluding steroid dienone is 3. The van der Waals surface area contributed by atoms with Crippen LogP contribution in [-0.2, 0) is 13.0 Å². The van der Waals surface area contributed by atoms with E-state index in [1.165, 1.54) is 21.8 Å². The zero-order valence-electron chi connectivity index (χ0n) is 22.8. The van der Waals surface area contributed by atoms with Gasteiger partial charge in [0, 0.05) is 46.5 Å². The largest absolute Gasteiger partial charge is 0.494 e. The van der Waals surface area contributed by atoms with Crippen molar-refractivity contribution in [2.24, 2.45) is 10.7 Å². The number of hydrogen-bond acceptors (Lipinski definition) is 3. The average molecular weight is 496 g/mol. The van der Waals surface area contributed by atoms with Gasteiger partial charge in [-0.1, -0.05) is 37.3 Å². The molecule has 2 rings (SSSR count). The van der Waals surface area contributed by atoms with Crippen molar-refractivity contribution < 1.29 is 4.74 Å². The number of ether oxygens (including phenoxy) is 1. The van der Waals surface area contributed by atoms with Gasteiger partial charge in [-0.25, -0.2) is 0 Å². The van der Waals surface area contributed by atoms with E-state index in [1.54, 1.807) is 0 Å². The van der Waals surface area contributed by atoms with Crippen LogP contribution in [0.25, 0.3) is 11.6 Å². The number of aliphatic imine (C=N–C) groups is 1. The zero-order chi connectivity index (χ0) is 26.3. The fraction of sp³-hybridized carbons (Fsp3) is 0.433. The number of aromatic nitrogens is 1. The fourth-order valence-electron chi connectivity index (χ4n) is 4.85. The van der Waals surface area contributed by atoms with Gasteiger partial charge >= 0.3 is 0 Å². The minimum atomic E-state index is 0.638. The van der Waals surface area contributed by atoms with E-state index < -0.39 is 0 Å². The predicted octanol–water partition coefficient (Wildman–Crippen LogP) is 5.95. The van der Waals surface area contributed by atoms with Crippen molar-refractivity contribution in [1.82, 2.24) is 4.57 Å². The van der Waals surface area contributed by atoms with Gasteiger partial charge in [0.2, 0.25) is 0 Å². The monoisotopic (exact) mass is 495 g/mol. The van der Waals surface area contributed by atoms with Gasteiger partial charge in [-0.3, -0.25) is 4.99 Å². The molecular formula is C30H42ClN3O. The molecule has 0 radical (unpaired) electrons. The van der Waals surface area contributed by atoms with E-state index >= 15 is 0 Å². The number of hydrogen-bond donors (Lipinski definition) is 1. The van der Waals surface area contributed by atoms with Gasteiger partial charge in [0.15, 0.2) is 0 Å². The maximum absolute atomic E-state index is 6.34. The first-order valence-corrected chi connectivity index (χ1v) is 12.8. The summed E-state index contributed by atoms with van der Waals surface area (Å²) in [6.07, 6.45) is 6.86. The molecule has 0 atom stereocenters. The van der Waals surface area contributed by atoms with Crippen LogP contribution >= 0.6 is 11.6 Å². The van der Waals surface area contributed by atoms with E-state index in [4.69, 9.17) is 22.1 Å². The molecule has 0 aliphatic rings. The first kappa shape index (κ1) is 28.5. The zero-order valence-corrected chi connectivity index (χ0v) is 23.6. The summed E-state index contributed by atoms with van der Waals surface area (Å²) < 4.78 is 8.52. The molecule has 35 heavy (non-hydrogen) atoms. The summed E-state index contributed by atoms with van der Waals surface area (Å²) in [4.78, 5) is 4.44. The van der Waals surface area contributed by atoms with Crippen LogP contribution in [-0.4, -0.2) is 23.9 Å². The van der Waals surface area contributed by atoms with Crippen molar-refractivity contribution in [2.45, 2.75) is 74.3 Å². The van der Waals surface area contributed by atoms with Gasteiger partial charge in [-0.2, -0.15) is 0 Å². The Hall–Kier alpha value is -2.72. The van der Waals surface area contributed by atoms with Gasteiger partial charge in [-0.05, 0) is 95.2 Å². The number of halogens is 1. The Morgan fingerprint density at radius 3 is 2.31 bits per heavy atom. The third-order valence-electron chi connectivity index (χ3n) is 6.50. The first-order chi connectivity index (χ1) is 16.6. The molecule has 2 aromatic rings. The third-order valence-corrected chi connectivity index (χ3v) is 7.09. The Morgan fingerprint density at radius 1 is 1.17 bits per heavy atom. The van der Waals surface area contributed by atoms with Crippen LogP contribution < -0.4 is 21.0 Å². The molecule has 1 aromatic carbocycles. The van der Waals surface area contributed by atoms with Crippen molar-refractivity contribution in [3.8, 4) is 5.75 Å². The van der Waals surface area contributed by atoms with E-state index in [-0.39, 0.29) is 0 Å². The first-order valence-electron chi connectivity index (χ1n) is 12.4. The molecule has 0 amide bonds. The summed E-state index contributed by atoms with van der Waals surface area (Å²) in [5.74, 6) is 0.870. The Morgan fingerprint density at radius 2 is 1.80 bits per heavy atom. The molecule has 1 aromatic heterocycles. The molecule has 5 heteroatoms. The lowest BCUT2D eigenvalue weighted by molar-refractivity contribution is 0.310. The Bertz CT molecular complexity index is 1230. The summed E-state index contributed by atoms with van der Waals surface area (Å²) in [5.41, 5.74) is 14.9. The number of rotatable bonds is 10. The van der Waals surface area contributed by atoms with Crippen molar-refractivity contribution in [3.05, 3.63) is 74.0 Å². The molecule has 0 aliphatic carbocycles. The predicted molar refractivity (Wildman–Crippen MR) is 153 cm³/mol. The normalized spacial score (nSPS) is 14.2. The topological polar surface area (TPSA) is 52.5 Å². The van der Waals surface area contributed by atoms with E-state index in [2.05, 4.69) is 43.0 Å². The van der Waals surface area contributed by atoms with Gasteiger partial charge < -0.3 is 15.0 Å². The lowest BCUT2D eigenvalue weighted by Gasteiger charge is -2.13. The van der Waals surface area contributed by atoms with E-state index in [0.717, 1.165) is 70.3 Å². The maximum Gasteiger partial charge on any atom is 0.119 e. The highest BCUT2D eigenvalue weighted by Crippen LogP contribution is 2.26. The van der Waals surface area contributed by atoms with Gasteiger partial charge in [0.05, 0.1) is 12.0 Å². The van der Waals surface area contributed by atoms with Crippen molar-refractivity contribution in [2.75, 3.05) is 13.7 Å². The molecule has 0 aliphatic heterocycles. The highest BCUT2D eigenvalue weighted by atomic mass is 35.5.